The molecule has 1 aliphatic rings. The van der Waals surface area contributed by atoms with Gasteiger partial charge >= 0.3 is 0 Å². The maximum atomic E-state index is 13.0. The van der Waals surface area contributed by atoms with Crippen LogP contribution in [-0.4, -0.2) is 19.3 Å². The van der Waals surface area contributed by atoms with E-state index in [4.69, 9.17) is 10.5 Å². The number of ether oxygens (including phenoxy) is 1. The lowest BCUT2D eigenvalue weighted by atomic mass is 9.88. The molecule has 3 heteroatoms. The molecule has 16 heavy (non-hydrogen) atoms. The van der Waals surface area contributed by atoms with Gasteiger partial charge in [-0.15, -0.1) is 0 Å². The lowest BCUT2D eigenvalue weighted by Gasteiger charge is -2.27. The van der Waals surface area contributed by atoms with E-state index in [0.29, 0.717) is 5.92 Å². The molecule has 1 aromatic rings. The molecule has 0 spiro atoms. The maximum absolute atomic E-state index is 13.0. The lowest BCUT2D eigenvalue weighted by molar-refractivity contribution is 0.0585. The van der Waals surface area contributed by atoms with Gasteiger partial charge in [0.1, 0.15) is 5.82 Å². The number of hydrogen-bond acceptors (Lipinski definition) is 2. The molecule has 2 nitrogen and oxygen atoms in total. The molecule has 0 amide bonds. The normalized spacial score (nSPS) is 19.6. The summed E-state index contributed by atoms with van der Waals surface area (Å²) in [7, 11) is 0. The van der Waals surface area contributed by atoms with Crippen LogP contribution in [0.3, 0.4) is 0 Å². The van der Waals surface area contributed by atoms with Crippen molar-refractivity contribution < 1.29 is 9.13 Å². The highest BCUT2D eigenvalue weighted by Gasteiger charge is 2.20. The zero-order valence-corrected chi connectivity index (χ0v) is 9.36. The minimum absolute atomic E-state index is 0.116. The van der Waals surface area contributed by atoms with Gasteiger partial charge in [-0.1, -0.05) is 12.1 Å². The predicted molar refractivity (Wildman–Crippen MR) is 61.6 cm³/mol. The van der Waals surface area contributed by atoms with Crippen molar-refractivity contribution in [1.82, 2.24) is 0 Å². The fourth-order valence-electron chi connectivity index (χ4n) is 2.25. The average Bonchev–Trinajstić information content (AvgIpc) is 2.30. The van der Waals surface area contributed by atoms with E-state index in [-0.39, 0.29) is 11.9 Å². The van der Waals surface area contributed by atoms with Gasteiger partial charge in [0.2, 0.25) is 0 Å². The minimum Gasteiger partial charge on any atom is -0.381 e. The first-order valence-corrected chi connectivity index (χ1v) is 5.83. The molecule has 1 aliphatic heterocycles. The molecular formula is C13H18FNO. The van der Waals surface area contributed by atoms with Gasteiger partial charge in [0.25, 0.3) is 0 Å². The molecule has 0 saturated carbocycles. The van der Waals surface area contributed by atoms with Crippen LogP contribution < -0.4 is 5.73 Å². The Labute approximate surface area is 95.6 Å². The highest BCUT2D eigenvalue weighted by atomic mass is 19.1. The Bertz CT molecular complexity index is 336. The molecule has 2 N–H and O–H groups in total. The molecule has 0 bridgehead atoms. The number of rotatable bonds is 3. The van der Waals surface area contributed by atoms with Crippen LogP contribution in [0.2, 0.25) is 0 Å². The van der Waals surface area contributed by atoms with E-state index in [9.17, 15) is 4.39 Å². The summed E-state index contributed by atoms with van der Waals surface area (Å²) >= 11 is 0. The zero-order chi connectivity index (χ0) is 11.4. The lowest BCUT2D eigenvalue weighted by Crippen LogP contribution is -2.36. The second-order valence-electron chi connectivity index (χ2n) is 4.45. The van der Waals surface area contributed by atoms with Crippen molar-refractivity contribution in [1.29, 1.82) is 0 Å². The molecular weight excluding hydrogens is 205 g/mol. The van der Waals surface area contributed by atoms with E-state index in [1.807, 2.05) is 6.07 Å². The number of halogens is 1. The molecule has 1 saturated heterocycles. The third-order valence-electron chi connectivity index (χ3n) is 3.23. The van der Waals surface area contributed by atoms with Crippen molar-refractivity contribution in [2.75, 3.05) is 13.2 Å². The highest BCUT2D eigenvalue weighted by molar-refractivity contribution is 5.17. The van der Waals surface area contributed by atoms with E-state index in [1.165, 1.54) is 6.07 Å². The summed E-state index contributed by atoms with van der Waals surface area (Å²) < 4.78 is 18.3. The van der Waals surface area contributed by atoms with Crippen molar-refractivity contribution in [3.05, 3.63) is 35.6 Å². The Hall–Kier alpha value is -0.930. The monoisotopic (exact) mass is 223 g/mol. The van der Waals surface area contributed by atoms with Gasteiger partial charge in [-0.2, -0.15) is 0 Å². The molecule has 2 rings (SSSR count). The van der Waals surface area contributed by atoms with Crippen LogP contribution in [0.15, 0.2) is 24.3 Å². The third kappa shape index (κ3) is 3.03. The molecule has 1 unspecified atom stereocenters. The smallest absolute Gasteiger partial charge is 0.123 e. The summed E-state index contributed by atoms with van der Waals surface area (Å²) in [6, 6.07) is 6.82. The number of hydrogen-bond donors (Lipinski definition) is 1. The molecule has 1 fully saturated rings. The number of nitrogens with two attached hydrogens (primary N) is 1. The summed E-state index contributed by atoms with van der Waals surface area (Å²) in [5, 5.41) is 0. The third-order valence-corrected chi connectivity index (χ3v) is 3.23. The molecule has 1 atom stereocenters. The van der Waals surface area contributed by atoms with Crippen LogP contribution in [0.1, 0.15) is 18.4 Å². The first kappa shape index (κ1) is 11.6. The molecule has 0 aliphatic carbocycles. The molecule has 0 radical (unpaired) electrons. The SMILES string of the molecule is NC(Cc1cccc(F)c1)C1CCOCC1. The van der Waals surface area contributed by atoms with Crippen LogP contribution in [0.5, 0.6) is 0 Å². The van der Waals surface area contributed by atoms with Gasteiger partial charge in [0, 0.05) is 19.3 Å². The average molecular weight is 223 g/mol. The fourth-order valence-corrected chi connectivity index (χ4v) is 2.25. The summed E-state index contributed by atoms with van der Waals surface area (Å²) in [6.45, 7) is 1.61. The molecule has 1 heterocycles. The van der Waals surface area contributed by atoms with E-state index >= 15 is 0 Å². The zero-order valence-electron chi connectivity index (χ0n) is 9.36. The molecule has 0 aromatic heterocycles. The van der Waals surface area contributed by atoms with Gasteiger partial charge in [-0.3, -0.25) is 0 Å². The Morgan fingerprint density at radius 3 is 2.81 bits per heavy atom. The van der Waals surface area contributed by atoms with Gasteiger partial charge in [-0.25, -0.2) is 4.39 Å². The van der Waals surface area contributed by atoms with E-state index in [1.54, 1.807) is 12.1 Å². The summed E-state index contributed by atoms with van der Waals surface area (Å²) in [5.74, 6) is 0.327. The van der Waals surface area contributed by atoms with Crippen LogP contribution in [-0.2, 0) is 11.2 Å². The second-order valence-corrected chi connectivity index (χ2v) is 4.45. The summed E-state index contributed by atoms with van der Waals surface area (Å²) in [5.41, 5.74) is 7.14. The Morgan fingerprint density at radius 2 is 2.12 bits per heavy atom. The van der Waals surface area contributed by atoms with Crippen LogP contribution in [0, 0.1) is 11.7 Å². The maximum Gasteiger partial charge on any atom is 0.123 e. The van der Waals surface area contributed by atoms with Crippen molar-refractivity contribution in [2.24, 2.45) is 11.7 Å². The van der Waals surface area contributed by atoms with E-state index < -0.39 is 0 Å². The number of benzene rings is 1. The predicted octanol–water partition coefficient (Wildman–Crippen LogP) is 2.12. The summed E-state index contributed by atoms with van der Waals surface area (Å²) in [4.78, 5) is 0. The first-order chi connectivity index (χ1) is 7.75. The van der Waals surface area contributed by atoms with E-state index in [0.717, 1.165) is 38.0 Å². The van der Waals surface area contributed by atoms with Gasteiger partial charge in [-0.05, 0) is 42.9 Å². The quantitative estimate of drug-likeness (QED) is 0.852. The fraction of sp³-hybridized carbons (Fsp3) is 0.538. The van der Waals surface area contributed by atoms with Crippen LogP contribution in [0.4, 0.5) is 4.39 Å². The van der Waals surface area contributed by atoms with Crippen LogP contribution in [0.25, 0.3) is 0 Å². The van der Waals surface area contributed by atoms with Gasteiger partial charge in [0.05, 0.1) is 0 Å². The van der Waals surface area contributed by atoms with E-state index in [2.05, 4.69) is 0 Å². The molecule has 88 valence electrons. The Kier molecular flexibility index (Phi) is 3.91. The van der Waals surface area contributed by atoms with Crippen LogP contribution >= 0.6 is 0 Å². The molecule has 1 aromatic carbocycles. The minimum atomic E-state index is -0.184. The highest BCUT2D eigenvalue weighted by Crippen LogP contribution is 2.20. The standard InChI is InChI=1S/C13H18FNO/c14-12-3-1-2-10(8-12)9-13(15)11-4-6-16-7-5-11/h1-3,8,11,13H,4-7,9,15H2. The largest absolute Gasteiger partial charge is 0.381 e. The second kappa shape index (κ2) is 5.41. The Morgan fingerprint density at radius 1 is 1.38 bits per heavy atom. The Balaban J connectivity index is 1.93. The topological polar surface area (TPSA) is 35.2 Å². The van der Waals surface area contributed by atoms with Gasteiger partial charge < -0.3 is 10.5 Å². The van der Waals surface area contributed by atoms with Gasteiger partial charge in [0.15, 0.2) is 0 Å². The summed E-state index contributed by atoms with van der Waals surface area (Å²) in [6.07, 6.45) is 2.80. The van der Waals surface area contributed by atoms with Crippen molar-refractivity contribution >= 4 is 0 Å². The van der Waals surface area contributed by atoms with Crippen molar-refractivity contribution in [3.8, 4) is 0 Å². The first-order valence-electron chi connectivity index (χ1n) is 5.83. The van der Waals surface area contributed by atoms with Crippen molar-refractivity contribution in [3.63, 3.8) is 0 Å². The van der Waals surface area contributed by atoms with Crippen molar-refractivity contribution in [2.45, 2.75) is 25.3 Å².